The first-order valence-corrected chi connectivity index (χ1v) is 8.93. The number of carbonyl (C=O) groups is 1. The normalized spacial score (nSPS) is 15.0. The highest BCUT2D eigenvalue weighted by Crippen LogP contribution is 2.29. The van der Waals surface area contributed by atoms with Gasteiger partial charge in [0.1, 0.15) is 6.04 Å². The molecule has 3 heterocycles. The van der Waals surface area contributed by atoms with E-state index in [-0.39, 0.29) is 17.1 Å². The number of hydrogen-bond acceptors (Lipinski definition) is 4. The Balaban J connectivity index is 1.81. The first-order chi connectivity index (χ1) is 12.9. The third kappa shape index (κ3) is 2.51. The maximum Gasteiger partial charge on any atom is 0.332 e. The second-order valence-electron chi connectivity index (χ2n) is 6.93. The summed E-state index contributed by atoms with van der Waals surface area (Å²) < 4.78 is 3.92. The number of carbonyl (C=O) groups excluding carboxylic acids is 1. The lowest BCUT2D eigenvalue weighted by molar-refractivity contribution is -0.121. The van der Waals surface area contributed by atoms with Gasteiger partial charge in [0.25, 0.3) is 5.56 Å². The number of hydrogen-bond donors (Lipinski definition) is 0. The van der Waals surface area contributed by atoms with Crippen molar-refractivity contribution in [2.75, 3.05) is 11.4 Å². The maximum atomic E-state index is 13.3. The molecule has 0 radical (unpaired) electrons. The highest BCUT2D eigenvalue weighted by molar-refractivity contribution is 5.97. The van der Waals surface area contributed by atoms with E-state index in [1.54, 1.807) is 23.4 Å². The number of amides is 1. The van der Waals surface area contributed by atoms with Gasteiger partial charge in [-0.1, -0.05) is 18.2 Å². The van der Waals surface area contributed by atoms with E-state index in [9.17, 15) is 14.4 Å². The van der Waals surface area contributed by atoms with Crippen LogP contribution in [-0.4, -0.2) is 31.1 Å². The molecule has 8 heteroatoms. The summed E-state index contributed by atoms with van der Waals surface area (Å²) in [5, 5.41) is 0. The van der Waals surface area contributed by atoms with E-state index in [0.29, 0.717) is 6.54 Å². The van der Waals surface area contributed by atoms with Crippen LogP contribution in [0.2, 0.25) is 0 Å². The number of para-hydroxylation sites is 1. The van der Waals surface area contributed by atoms with Crippen LogP contribution in [0.5, 0.6) is 0 Å². The van der Waals surface area contributed by atoms with Crippen molar-refractivity contribution in [1.82, 2.24) is 18.7 Å². The molecule has 1 amide bonds. The Morgan fingerprint density at radius 1 is 1.15 bits per heavy atom. The maximum absolute atomic E-state index is 13.3. The minimum atomic E-state index is -0.619. The smallest absolute Gasteiger partial charge is 0.312 e. The predicted octanol–water partition coefficient (Wildman–Crippen LogP) is 0.974. The lowest BCUT2D eigenvalue weighted by atomic mass is 10.0. The molecule has 1 atom stereocenters. The molecular weight excluding hydrogens is 346 g/mol. The fourth-order valence-electron chi connectivity index (χ4n) is 3.76. The van der Waals surface area contributed by atoms with Crippen molar-refractivity contribution in [3.8, 4) is 0 Å². The number of nitrogens with zero attached hydrogens (tertiary/aromatic N) is 5. The largest absolute Gasteiger partial charge is 0.332 e. The molecule has 0 fully saturated rings. The van der Waals surface area contributed by atoms with Gasteiger partial charge in [0.2, 0.25) is 5.91 Å². The summed E-state index contributed by atoms with van der Waals surface area (Å²) in [5.41, 5.74) is 1.71. The number of benzene rings is 1. The molecule has 2 aromatic heterocycles. The minimum Gasteiger partial charge on any atom is -0.312 e. The summed E-state index contributed by atoms with van der Waals surface area (Å²) in [6.07, 6.45) is 3.31. The van der Waals surface area contributed by atoms with Crippen LogP contribution in [-0.2, 0) is 25.3 Å². The number of fused-ring (bicyclic) bond motifs is 2. The first kappa shape index (κ1) is 17.3. The van der Waals surface area contributed by atoms with E-state index in [4.69, 9.17) is 0 Å². The summed E-state index contributed by atoms with van der Waals surface area (Å²) in [4.78, 5) is 44.0. The zero-order valence-corrected chi connectivity index (χ0v) is 15.5. The zero-order chi connectivity index (χ0) is 19.3. The molecule has 0 spiro atoms. The lowest BCUT2D eigenvalue weighted by Gasteiger charge is -2.31. The van der Waals surface area contributed by atoms with Crippen LogP contribution in [0.25, 0.3) is 11.2 Å². The van der Waals surface area contributed by atoms with Crippen molar-refractivity contribution in [2.24, 2.45) is 14.1 Å². The Kier molecular flexibility index (Phi) is 3.98. The Bertz CT molecular complexity index is 1170. The number of rotatable bonds is 2. The molecular formula is C19H21N5O3. The third-order valence-electron chi connectivity index (χ3n) is 5.32. The third-order valence-corrected chi connectivity index (χ3v) is 5.32. The molecule has 0 saturated heterocycles. The lowest BCUT2D eigenvalue weighted by Crippen LogP contribution is -2.41. The summed E-state index contributed by atoms with van der Waals surface area (Å²) in [6, 6.07) is 7.27. The number of anilines is 1. The van der Waals surface area contributed by atoms with Gasteiger partial charge in [-0.25, -0.2) is 9.78 Å². The SMILES string of the molecule is CC(C(=O)N1CCCc2ccccc21)n1cnc2c1c(=O)n(C)c(=O)n2C. The highest BCUT2D eigenvalue weighted by atomic mass is 16.2. The highest BCUT2D eigenvalue weighted by Gasteiger charge is 2.29. The van der Waals surface area contributed by atoms with E-state index < -0.39 is 17.3 Å². The van der Waals surface area contributed by atoms with E-state index in [1.165, 1.54) is 17.9 Å². The first-order valence-electron chi connectivity index (χ1n) is 8.93. The molecule has 1 aromatic carbocycles. The van der Waals surface area contributed by atoms with Crippen molar-refractivity contribution in [3.63, 3.8) is 0 Å². The molecule has 1 aliphatic rings. The van der Waals surface area contributed by atoms with Crippen molar-refractivity contribution in [2.45, 2.75) is 25.8 Å². The summed E-state index contributed by atoms with van der Waals surface area (Å²) in [6.45, 7) is 2.40. The van der Waals surface area contributed by atoms with Gasteiger partial charge < -0.3 is 9.47 Å². The van der Waals surface area contributed by atoms with Crippen molar-refractivity contribution in [1.29, 1.82) is 0 Å². The van der Waals surface area contributed by atoms with Gasteiger partial charge in [0, 0.05) is 26.3 Å². The van der Waals surface area contributed by atoms with Gasteiger partial charge >= 0.3 is 5.69 Å². The van der Waals surface area contributed by atoms with Crippen molar-refractivity contribution < 1.29 is 4.79 Å². The monoisotopic (exact) mass is 367 g/mol. The van der Waals surface area contributed by atoms with Gasteiger partial charge in [-0.3, -0.25) is 18.7 Å². The van der Waals surface area contributed by atoms with Gasteiger partial charge in [-0.2, -0.15) is 0 Å². The fraction of sp³-hybridized carbons (Fsp3) is 0.368. The van der Waals surface area contributed by atoms with E-state index in [2.05, 4.69) is 4.98 Å². The van der Waals surface area contributed by atoms with Crippen LogP contribution in [0.1, 0.15) is 24.9 Å². The second-order valence-corrected chi connectivity index (χ2v) is 6.93. The van der Waals surface area contributed by atoms with Crippen molar-refractivity contribution >= 4 is 22.8 Å². The quantitative estimate of drug-likeness (QED) is 0.676. The molecule has 1 unspecified atom stereocenters. The van der Waals surface area contributed by atoms with Gasteiger partial charge in [0.15, 0.2) is 11.2 Å². The Morgan fingerprint density at radius 2 is 1.89 bits per heavy atom. The van der Waals surface area contributed by atoms with Crippen molar-refractivity contribution in [3.05, 3.63) is 57.0 Å². The van der Waals surface area contributed by atoms with Crippen LogP contribution in [0.4, 0.5) is 5.69 Å². The molecule has 0 bridgehead atoms. The van der Waals surface area contributed by atoms with Crippen LogP contribution in [0.3, 0.4) is 0 Å². The van der Waals surface area contributed by atoms with Crippen LogP contribution < -0.4 is 16.1 Å². The van der Waals surface area contributed by atoms with E-state index in [0.717, 1.165) is 28.7 Å². The van der Waals surface area contributed by atoms with Gasteiger partial charge in [-0.15, -0.1) is 0 Å². The molecule has 140 valence electrons. The average molecular weight is 367 g/mol. The van der Waals surface area contributed by atoms with Crippen LogP contribution >= 0.6 is 0 Å². The van der Waals surface area contributed by atoms with Crippen LogP contribution in [0, 0.1) is 0 Å². The summed E-state index contributed by atoms with van der Waals surface area (Å²) in [7, 11) is 2.99. The molecule has 0 aliphatic carbocycles. The number of aromatic nitrogens is 4. The standard InChI is InChI=1S/C19H21N5O3/c1-12(17(25)23-10-6-8-13-7-4-5-9-14(13)23)24-11-20-16-15(24)18(26)22(3)19(27)21(16)2/h4-5,7,9,11-12H,6,8,10H2,1-3H3. The fourth-order valence-corrected chi connectivity index (χ4v) is 3.76. The molecule has 0 saturated carbocycles. The Labute approximate surface area is 155 Å². The van der Waals surface area contributed by atoms with Gasteiger partial charge in [0.05, 0.1) is 6.33 Å². The summed E-state index contributed by atoms with van der Waals surface area (Å²) >= 11 is 0. The zero-order valence-electron chi connectivity index (χ0n) is 15.5. The second kappa shape index (κ2) is 6.22. The Hall–Kier alpha value is -3.16. The predicted molar refractivity (Wildman–Crippen MR) is 102 cm³/mol. The molecule has 4 rings (SSSR count). The van der Waals surface area contributed by atoms with E-state index >= 15 is 0 Å². The van der Waals surface area contributed by atoms with Crippen LogP contribution in [0.15, 0.2) is 40.2 Å². The topological polar surface area (TPSA) is 82.1 Å². The van der Waals surface area contributed by atoms with E-state index in [1.807, 2.05) is 24.3 Å². The van der Waals surface area contributed by atoms with Gasteiger partial charge in [-0.05, 0) is 31.4 Å². The summed E-state index contributed by atoms with van der Waals surface area (Å²) in [5.74, 6) is -0.0997. The molecule has 8 nitrogen and oxygen atoms in total. The minimum absolute atomic E-state index is 0.0997. The molecule has 1 aliphatic heterocycles. The molecule has 3 aromatic rings. The Morgan fingerprint density at radius 3 is 2.67 bits per heavy atom. The number of imidazole rings is 1. The molecule has 27 heavy (non-hydrogen) atoms. The number of aryl methyl sites for hydroxylation is 2. The average Bonchev–Trinajstić information content (AvgIpc) is 3.14. The molecule has 0 N–H and O–H groups in total.